The first-order chi connectivity index (χ1) is 19.3. The number of ether oxygens (including phenoxy) is 1. The van der Waals surface area contributed by atoms with Crippen molar-refractivity contribution in [3.63, 3.8) is 0 Å². The molecule has 5 rings (SSSR count). The van der Waals surface area contributed by atoms with Gasteiger partial charge in [0.1, 0.15) is 11.6 Å². The average molecular weight is 547 g/mol. The molecule has 1 unspecified atom stereocenters. The topological polar surface area (TPSA) is 107 Å². The monoisotopic (exact) mass is 546 g/mol. The molecule has 1 aliphatic rings. The Morgan fingerprint density at radius 3 is 2.52 bits per heavy atom. The zero-order valence-electron chi connectivity index (χ0n) is 23.0. The second-order valence-electron chi connectivity index (χ2n) is 9.75. The van der Waals surface area contributed by atoms with Crippen molar-refractivity contribution in [3.8, 4) is 16.9 Å². The minimum Gasteiger partial charge on any atom is -0.383 e. The normalized spacial score (nSPS) is 14.9. The maximum Gasteiger partial charge on any atom is 0.317 e. The lowest BCUT2D eigenvalue weighted by molar-refractivity contribution is 0.160. The van der Waals surface area contributed by atoms with E-state index in [1.807, 2.05) is 49.4 Å². The molecule has 40 heavy (non-hydrogen) atoms. The Morgan fingerprint density at radius 2 is 1.88 bits per heavy atom. The number of hydrogen-bond acceptors (Lipinski definition) is 5. The number of benzene rings is 2. The number of rotatable bonds is 7. The molecule has 2 aromatic heterocycles. The van der Waals surface area contributed by atoms with Crippen LogP contribution in [0.4, 0.5) is 15.0 Å². The van der Waals surface area contributed by atoms with Crippen LogP contribution < -0.4 is 16.6 Å². The van der Waals surface area contributed by atoms with Crippen LogP contribution in [0.5, 0.6) is 0 Å². The van der Waals surface area contributed by atoms with Gasteiger partial charge in [-0.15, -0.1) is 0 Å². The molecule has 1 aliphatic heterocycles. The number of halogens is 1. The highest BCUT2D eigenvalue weighted by Gasteiger charge is 2.23. The second-order valence-corrected chi connectivity index (χ2v) is 9.75. The number of methoxy groups -OCH3 is 1. The third-order valence-electron chi connectivity index (χ3n) is 6.97. The lowest BCUT2D eigenvalue weighted by atomic mass is 9.99. The fourth-order valence-corrected chi connectivity index (χ4v) is 4.75. The first-order valence-electron chi connectivity index (χ1n) is 13.1. The smallest absolute Gasteiger partial charge is 0.317 e. The third kappa shape index (κ3) is 7.02. The summed E-state index contributed by atoms with van der Waals surface area (Å²) < 4.78 is 20.9. The van der Waals surface area contributed by atoms with Crippen molar-refractivity contribution in [2.75, 3.05) is 38.7 Å². The number of urea groups is 1. The van der Waals surface area contributed by atoms with Crippen LogP contribution in [-0.4, -0.2) is 58.6 Å². The minimum atomic E-state index is -0.675. The maximum atomic E-state index is 12.8. The fraction of sp³-hybridized carbons (Fsp3) is 0.300. The zero-order valence-corrected chi connectivity index (χ0v) is 23.0. The molecule has 210 valence electrons. The Morgan fingerprint density at radius 1 is 1.15 bits per heavy atom. The van der Waals surface area contributed by atoms with Gasteiger partial charge in [-0.25, -0.2) is 13.9 Å². The molecule has 0 spiro atoms. The summed E-state index contributed by atoms with van der Waals surface area (Å²) in [6.07, 6.45) is 2.84. The van der Waals surface area contributed by atoms with E-state index < -0.39 is 6.03 Å². The number of para-hydroxylation sites is 1. The van der Waals surface area contributed by atoms with Gasteiger partial charge in [-0.05, 0) is 61.7 Å². The van der Waals surface area contributed by atoms with Gasteiger partial charge < -0.3 is 19.9 Å². The number of likely N-dealkylation sites (tertiary alicyclic amines) is 1. The molecule has 1 atom stereocenters. The molecule has 3 heterocycles. The van der Waals surface area contributed by atoms with Crippen LogP contribution >= 0.6 is 0 Å². The van der Waals surface area contributed by atoms with E-state index in [4.69, 9.17) is 10.5 Å². The second kappa shape index (κ2) is 13.2. The molecule has 0 aliphatic carbocycles. The van der Waals surface area contributed by atoms with Crippen molar-refractivity contribution in [2.45, 2.75) is 19.3 Å². The minimum absolute atomic E-state index is 0.134. The van der Waals surface area contributed by atoms with E-state index in [0.29, 0.717) is 23.0 Å². The highest BCUT2D eigenvalue weighted by Crippen LogP contribution is 2.30. The molecule has 4 aromatic rings. The van der Waals surface area contributed by atoms with Gasteiger partial charge >= 0.3 is 6.03 Å². The number of pyridine rings is 1. The largest absolute Gasteiger partial charge is 0.383 e. The van der Waals surface area contributed by atoms with Crippen LogP contribution in [0.15, 0.2) is 77.7 Å². The molecule has 3 N–H and O–H groups in total. The predicted molar refractivity (Wildman–Crippen MR) is 154 cm³/mol. The molecule has 2 amide bonds. The molecule has 1 fully saturated rings. The van der Waals surface area contributed by atoms with Gasteiger partial charge in [-0.1, -0.05) is 30.3 Å². The summed E-state index contributed by atoms with van der Waals surface area (Å²) in [6.45, 7) is 5.79. The lowest BCUT2D eigenvalue weighted by Gasteiger charge is -2.15. The van der Waals surface area contributed by atoms with E-state index in [9.17, 15) is 14.0 Å². The maximum absolute atomic E-state index is 12.8. The molecule has 1 saturated heterocycles. The zero-order chi connectivity index (χ0) is 28.6. The number of aromatic nitrogens is 3. The number of anilines is 1. The Balaban J connectivity index is 0.000000201. The van der Waals surface area contributed by atoms with Crippen molar-refractivity contribution in [3.05, 3.63) is 100 Å². The number of nitrogens with two attached hydrogens (primary N) is 1. The van der Waals surface area contributed by atoms with Gasteiger partial charge in [-0.3, -0.25) is 10.1 Å². The molecular weight excluding hydrogens is 511 g/mol. The Kier molecular flexibility index (Phi) is 9.47. The van der Waals surface area contributed by atoms with Crippen molar-refractivity contribution in [1.82, 2.24) is 19.2 Å². The summed E-state index contributed by atoms with van der Waals surface area (Å²) >= 11 is 0. The summed E-state index contributed by atoms with van der Waals surface area (Å²) in [4.78, 5) is 25.7. The van der Waals surface area contributed by atoms with Crippen molar-refractivity contribution in [1.29, 1.82) is 0 Å². The number of carbonyl (C=O) groups excluding carboxylic acids is 1. The number of primary amides is 1. The number of nitrogens with zero attached hydrogens (tertiary/aromatic N) is 4. The van der Waals surface area contributed by atoms with Crippen LogP contribution in [0, 0.1) is 12.7 Å². The van der Waals surface area contributed by atoms with E-state index in [2.05, 4.69) is 15.3 Å². The summed E-state index contributed by atoms with van der Waals surface area (Å²) in [6, 6.07) is 18.9. The van der Waals surface area contributed by atoms with E-state index in [1.54, 1.807) is 43.2 Å². The Bertz CT molecular complexity index is 1480. The highest BCUT2D eigenvalue weighted by atomic mass is 19.1. The van der Waals surface area contributed by atoms with Crippen LogP contribution in [0.25, 0.3) is 16.9 Å². The van der Waals surface area contributed by atoms with Gasteiger partial charge in [-0.2, -0.15) is 5.10 Å². The van der Waals surface area contributed by atoms with E-state index >= 15 is 0 Å². The molecule has 0 saturated carbocycles. The van der Waals surface area contributed by atoms with E-state index in [1.165, 1.54) is 16.2 Å². The first-order valence-corrected chi connectivity index (χ1v) is 13.1. The van der Waals surface area contributed by atoms with Crippen LogP contribution in [-0.2, 0) is 11.8 Å². The van der Waals surface area contributed by atoms with Crippen LogP contribution in [0.2, 0.25) is 0 Å². The summed E-state index contributed by atoms with van der Waals surface area (Å²) in [7, 11) is 3.41. The summed E-state index contributed by atoms with van der Waals surface area (Å²) in [5.41, 5.74) is 9.20. The molecule has 9 nitrogen and oxygen atoms in total. The first kappa shape index (κ1) is 28.7. The average Bonchev–Trinajstić information content (AvgIpc) is 3.55. The van der Waals surface area contributed by atoms with Crippen molar-refractivity contribution >= 4 is 11.8 Å². The fourth-order valence-electron chi connectivity index (χ4n) is 4.75. The van der Waals surface area contributed by atoms with Crippen molar-refractivity contribution in [2.24, 2.45) is 12.8 Å². The van der Waals surface area contributed by atoms with E-state index in [-0.39, 0.29) is 11.4 Å². The lowest BCUT2D eigenvalue weighted by Crippen LogP contribution is -2.24. The SMILES string of the molecule is COCCN1CCC(c2ccc(F)cc2)C1.Cc1c(-c2ccn(C)c(=O)c2)nn(-c2ccccc2)c1NC(N)=O. The standard InChI is InChI=1S/C17H17N5O2.C13H18FNO/c1-11-15(12-8-9-21(2)14(23)10-12)20-22(16(11)19-17(18)24)13-6-4-3-5-7-13;1-16-9-8-15-7-6-12(10-15)11-2-4-13(14)5-3-11/h3-10H,1-2H3,(H3,18,19,24);2-5,12H,6-10H2,1H3. The molecule has 10 heteroatoms. The van der Waals surface area contributed by atoms with Gasteiger partial charge in [0.25, 0.3) is 5.56 Å². The predicted octanol–water partition coefficient (Wildman–Crippen LogP) is 4.30. The Labute approximate surface area is 233 Å². The molecule has 0 radical (unpaired) electrons. The van der Waals surface area contributed by atoms with Crippen LogP contribution in [0.3, 0.4) is 0 Å². The Hall–Kier alpha value is -4.28. The summed E-state index contributed by atoms with van der Waals surface area (Å²) in [5.74, 6) is 0.875. The number of carbonyl (C=O) groups is 1. The van der Waals surface area contributed by atoms with Gasteiger partial charge in [0.15, 0.2) is 0 Å². The van der Waals surface area contributed by atoms with Crippen LogP contribution in [0.1, 0.15) is 23.5 Å². The molecular formula is C30H35FN6O3. The third-order valence-corrected chi connectivity index (χ3v) is 6.97. The number of nitrogens with one attached hydrogen (secondary N) is 1. The molecule has 0 bridgehead atoms. The van der Waals surface area contributed by atoms with Gasteiger partial charge in [0, 0.05) is 50.6 Å². The number of hydrogen-bond donors (Lipinski definition) is 2. The number of amides is 2. The number of aryl methyl sites for hydroxylation is 1. The highest BCUT2D eigenvalue weighted by molar-refractivity contribution is 5.89. The quantitative estimate of drug-likeness (QED) is 0.360. The molecule has 2 aromatic carbocycles. The van der Waals surface area contributed by atoms with Gasteiger partial charge in [0.2, 0.25) is 0 Å². The van der Waals surface area contributed by atoms with E-state index in [0.717, 1.165) is 43.9 Å². The van der Waals surface area contributed by atoms with Crippen molar-refractivity contribution < 1.29 is 13.9 Å². The summed E-state index contributed by atoms with van der Waals surface area (Å²) in [5, 5.41) is 7.18. The van der Waals surface area contributed by atoms with Gasteiger partial charge in [0.05, 0.1) is 18.0 Å².